The van der Waals surface area contributed by atoms with Gasteiger partial charge in [0.15, 0.2) is 0 Å². The summed E-state index contributed by atoms with van der Waals surface area (Å²) in [5, 5.41) is 2.46. The summed E-state index contributed by atoms with van der Waals surface area (Å²) < 4.78 is 2.43. The van der Waals surface area contributed by atoms with Gasteiger partial charge in [-0.25, -0.2) is 9.97 Å². The molecule has 0 N–H and O–H groups in total. The Morgan fingerprint density at radius 1 is 0.425 bits per heavy atom. The third-order valence-corrected chi connectivity index (χ3v) is 7.55. The van der Waals surface area contributed by atoms with E-state index in [0.717, 1.165) is 45.0 Å². The van der Waals surface area contributed by atoms with Gasteiger partial charge in [0.2, 0.25) is 0 Å². The average molecular weight is 516 g/mol. The molecule has 0 bridgehead atoms. The molecule has 0 fully saturated rings. The molecule has 0 aliphatic rings. The van der Waals surface area contributed by atoms with E-state index in [1.807, 2.05) is 12.1 Å². The fraction of sp³-hybridized carbons (Fsp3) is 0.0811. The molecule has 192 valence electrons. The standard InChI is InChI=1S/C37H29N3/c1-25(2)40-36-21-19-28(34-17-9-15-32(38-34)26-11-5-3-6-12-26)23-30(36)31-24-29(20-22-37(31)40)35-18-10-16-33(39-35)27-13-7-4-8-14-27/h3-25H,1-2H3. The number of rotatable bonds is 5. The molecular formula is C37H29N3. The van der Waals surface area contributed by atoms with E-state index in [-0.39, 0.29) is 0 Å². The summed E-state index contributed by atoms with van der Waals surface area (Å²) in [6.45, 7) is 4.49. The van der Waals surface area contributed by atoms with Crippen LogP contribution in [0.2, 0.25) is 0 Å². The fourth-order valence-electron chi connectivity index (χ4n) is 5.66. The second-order valence-corrected chi connectivity index (χ2v) is 10.5. The molecule has 7 rings (SSSR count). The molecule has 0 amide bonds. The molecule has 0 saturated carbocycles. The lowest BCUT2D eigenvalue weighted by Crippen LogP contribution is -1.99. The first-order valence-electron chi connectivity index (χ1n) is 13.8. The van der Waals surface area contributed by atoms with Crippen molar-refractivity contribution in [3.63, 3.8) is 0 Å². The minimum absolute atomic E-state index is 0.329. The molecule has 3 nitrogen and oxygen atoms in total. The summed E-state index contributed by atoms with van der Waals surface area (Å²) in [7, 11) is 0. The number of nitrogens with zero attached hydrogens (tertiary/aromatic N) is 3. The van der Waals surface area contributed by atoms with Gasteiger partial charge in [0.05, 0.1) is 22.8 Å². The Balaban J connectivity index is 1.38. The molecule has 3 heteroatoms. The largest absolute Gasteiger partial charge is 0.338 e. The Morgan fingerprint density at radius 3 is 1.23 bits per heavy atom. The van der Waals surface area contributed by atoms with Crippen LogP contribution in [0, 0.1) is 0 Å². The summed E-state index contributed by atoms with van der Waals surface area (Å²) >= 11 is 0. The van der Waals surface area contributed by atoms with Crippen molar-refractivity contribution in [1.82, 2.24) is 14.5 Å². The molecule has 0 saturated heterocycles. The van der Waals surface area contributed by atoms with Crippen LogP contribution in [0.3, 0.4) is 0 Å². The van der Waals surface area contributed by atoms with Crippen LogP contribution in [-0.2, 0) is 0 Å². The molecule has 0 radical (unpaired) electrons. The molecule has 0 spiro atoms. The number of pyridine rings is 2. The topological polar surface area (TPSA) is 30.7 Å². The van der Waals surface area contributed by atoms with Crippen LogP contribution in [0.1, 0.15) is 19.9 Å². The first-order valence-corrected chi connectivity index (χ1v) is 13.8. The van der Waals surface area contributed by atoms with Crippen molar-refractivity contribution in [2.75, 3.05) is 0 Å². The number of benzene rings is 4. The molecule has 3 heterocycles. The van der Waals surface area contributed by atoms with Crippen LogP contribution in [-0.4, -0.2) is 14.5 Å². The number of hydrogen-bond acceptors (Lipinski definition) is 2. The number of fused-ring (bicyclic) bond motifs is 3. The summed E-state index contributed by atoms with van der Waals surface area (Å²) in [6, 6.07) is 47.0. The molecule has 0 atom stereocenters. The highest BCUT2D eigenvalue weighted by molar-refractivity contribution is 6.10. The molecule has 4 aromatic carbocycles. The lowest BCUT2D eigenvalue weighted by molar-refractivity contribution is 0.642. The van der Waals surface area contributed by atoms with Crippen molar-refractivity contribution in [1.29, 1.82) is 0 Å². The molecule has 3 aromatic heterocycles. The van der Waals surface area contributed by atoms with Crippen molar-refractivity contribution < 1.29 is 0 Å². The van der Waals surface area contributed by atoms with Crippen LogP contribution in [0.15, 0.2) is 133 Å². The predicted molar refractivity (Wildman–Crippen MR) is 167 cm³/mol. The third kappa shape index (κ3) is 4.26. The smallest absolute Gasteiger partial charge is 0.0709 e. The van der Waals surface area contributed by atoms with Gasteiger partial charge in [-0.1, -0.05) is 84.9 Å². The van der Waals surface area contributed by atoms with Gasteiger partial charge in [0.1, 0.15) is 0 Å². The minimum atomic E-state index is 0.329. The summed E-state index contributed by atoms with van der Waals surface area (Å²) in [6.07, 6.45) is 0. The van der Waals surface area contributed by atoms with Crippen LogP contribution in [0.4, 0.5) is 0 Å². The maximum Gasteiger partial charge on any atom is 0.0709 e. The Bertz CT molecular complexity index is 1830. The first-order chi connectivity index (χ1) is 19.7. The monoisotopic (exact) mass is 515 g/mol. The van der Waals surface area contributed by atoms with Gasteiger partial charge < -0.3 is 4.57 Å². The van der Waals surface area contributed by atoms with Crippen LogP contribution in [0.25, 0.3) is 66.8 Å². The van der Waals surface area contributed by atoms with E-state index in [9.17, 15) is 0 Å². The fourth-order valence-corrected chi connectivity index (χ4v) is 5.66. The maximum absolute atomic E-state index is 5.03. The van der Waals surface area contributed by atoms with E-state index < -0.39 is 0 Å². The predicted octanol–water partition coefficient (Wildman–Crippen LogP) is 9.83. The Kier molecular flexibility index (Phi) is 5.98. The van der Waals surface area contributed by atoms with Gasteiger partial charge in [-0.3, -0.25) is 0 Å². The van der Waals surface area contributed by atoms with Gasteiger partial charge in [-0.05, 0) is 62.4 Å². The highest BCUT2D eigenvalue weighted by Crippen LogP contribution is 2.37. The van der Waals surface area contributed by atoms with Gasteiger partial charge in [-0.2, -0.15) is 0 Å². The van der Waals surface area contributed by atoms with Gasteiger partial charge in [0.25, 0.3) is 0 Å². The third-order valence-electron chi connectivity index (χ3n) is 7.55. The first kappa shape index (κ1) is 24.1. The Labute approximate surface area is 234 Å². The van der Waals surface area contributed by atoms with E-state index >= 15 is 0 Å². The van der Waals surface area contributed by atoms with E-state index in [4.69, 9.17) is 9.97 Å². The van der Waals surface area contributed by atoms with Gasteiger partial charge in [-0.15, -0.1) is 0 Å². The molecule has 40 heavy (non-hydrogen) atoms. The van der Waals surface area contributed by atoms with Crippen molar-refractivity contribution in [2.45, 2.75) is 19.9 Å². The highest BCUT2D eigenvalue weighted by atomic mass is 15.0. The normalized spacial score (nSPS) is 11.5. The van der Waals surface area contributed by atoms with Crippen molar-refractivity contribution >= 4 is 21.8 Å². The molecule has 7 aromatic rings. The number of aromatic nitrogens is 3. The van der Waals surface area contributed by atoms with Crippen LogP contribution >= 0.6 is 0 Å². The zero-order valence-electron chi connectivity index (χ0n) is 22.6. The minimum Gasteiger partial charge on any atom is -0.338 e. The zero-order valence-corrected chi connectivity index (χ0v) is 22.6. The SMILES string of the molecule is CC(C)n1c2ccc(-c3cccc(-c4ccccc4)n3)cc2c2cc(-c3cccc(-c4ccccc4)n3)ccc21. The lowest BCUT2D eigenvalue weighted by Gasteiger charge is -2.12. The molecule has 0 aliphatic carbocycles. The van der Waals surface area contributed by atoms with Crippen molar-refractivity contribution in [3.8, 4) is 45.0 Å². The maximum atomic E-state index is 5.03. The van der Waals surface area contributed by atoms with Crippen LogP contribution in [0.5, 0.6) is 0 Å². The molecular weight excluding hydrogens is 486 g/mol. The number of hydrogen-bond donors (Lipinski definition) is 0. The second-order valence-electron chi connectivity index (χ2n) is 10.5. The van der Waals surface area contributed by atoms with E-state index in [1.54, 1.807) is 0 Å². The van der Waals surface area contributed by atoms with E-state index in [2.05, 4.69) is 140 Å². The summed E-state index contributed by atoms with van der Waals surface area (Å²) in [5.41, 5.74) is 10.8. The van der Waals surface area contributed by atoms with Crippen LogP contribution < -0.4 is 0 Å². The summed E-state index contributed by atoms with van der Waals surface area (Å²) in [4.78, 5) is 10.1. The highest BCUT2D eigenvalue weighted by Gasteiger charge is 2.16. The zero-order chi connectivity index (χ0) is 27.1. The Morgan fingerprint density at radius 2 is 0.825 bits per heavy atom. The van der Waals surface area contributed by atoms with E-state index in [0.29, 0.717) is 6.04 Å². The van der Waals surface area contributed by atoms with Gasteiger partial charge in [0, 0.05) is 50.1 Å². The average Bonchev–Trinajstić information content (AvgIpc) is 3.35. The quantitative estimate of drug-likeness (QED) is 0.228. The molecule has 0 aliphatic heterocycles. The molecule has 0 unspecified atom stereocenters. The second kappa shape index (κ2) is 9.94. The van der Waals surface area contributed by atoms with E-state index in [1.165, 1.54) is 21.8 Å². The van der Waals surface area contributed by atoms with Crippen molar-refractivity contribution in [3.05, 3.63) is 133 Å². The van der Waals surface area contributed by atoms with Crippen molar-refractivity contribution in [2.24, 2.45) is 0 Å². The lowest BCUT2D eigenvalue weighted by atomic mass is 10.0. The summed E-state index contributed by atoms with van der Waals surface area (Å²) in [5.74, 6) is 0. The Hall–Kier alpha value is -5.02. The van der Waals surface area contributed by atoms with Gasteiger partial charge >= 0.3 is 0 Å².